The van der Waals surface area contributed by atoms with Crippen LogP contribution in [-0.4, -0.2) is 62.7 Å². The van der Waals surface area contributed by atoms with Gasteiger partial charge in [-0.1, -0.05) is 138 Å². The molecule has 0 saturated heterocycles. The van der Waals surface area contributed by atoms with Crippen molar-refractivity contribution in [3.05, 3.63) is 176 Å². The average molecular weight is 1090 g/mol. The number of phenols is 1. The third kappa shape index (κ3) is 16.0. The molecule has 0 fully saturated rings. The van der Waals surface area contributed by atoms with Crippen LogP contribution in [0.4, 0.5) is 23.3 Å². The van der Waals surface area contributed by atoms with Crippen LogP contribution in [0.15, 0.2) is 159 Å². The summed E-state index contributed by atoms with van der Waals surface area (Å²) in [6.07, 6.45) is 0. The number of para-hydroxylation sites is 1. The molecule has 4 aromatic heterocycles. The van der Waals surface area contributed by atoms with Crippen LogP contribution in [0.5, 0.6) is 5.75 Å². The van der Waals surface area contributed by atoms with E-state index < -0.39 is 19.7 Å². The Morgan fingerprint density at radius 2 is 0.910 bits per heavy atom. The Balaban J connectivity index is 0.000000175. The van der Waals surface area contributed by atoms with Crippen LogP contribution in [-0.2, 0) is 36.9 Å². The van der Waals surface area contributed by atoms with Crippen LogP contribution in [0.25, 0.3) is 11.3 Å². The molecule has 4 heterocycles. The molecular weight excluding hydrogens is 1050 g/mol. The summed E-state index contributed by atoms with van der Waals surface area (Å²) in [7, 11) is -7.27. The number of halogens is 4. The van der Waals surface area contributed by atoms with E-state index in [1.165, 1.54) is 23.8 Å². The first-order valence-electron chi connectivity index (χ1n) is 19.0. The van der Waals surface area contributed by atoms with Crippen molar-refractivity contribution in [2.24, 2.45) is 0 Å². The SMILES string of the molecule is Nc1nnc(-c2ccccc2O)cc1S(=O)(=O)Cc1ccccc1.Nc1nnc(Cl)cc1Br.Nc1nnc(Cl)cc1S(=O)(=O)Cc1ccccc1.Nc1nnc(Cl)cc1SCc1ccccc1. The largest absolute Gasteiger partial charge is 0.507 e. The van der Waals surface area contributed by atoms with E-state index in [0.29, 0.717) is 43.1 Å². The molecule has 67 heavy (non-hydrogen) atoms. The number of nitrogens with zero attached hydrogens (tertiary/aromatic N) is 8. The molecule has 0 radical (unpaired) electrons. The van der Waals surface area contributed by atoms with Crippen molar-refractivity contribution in [2.75, 3.05) is 22.9 Å². The van der Waals surface area contributed by atoms with Crippen molar-refractivity contribution in [1.82, 2.24) is 40.8 Å². The van der Waals surface area contributed by atoms with E-state index in [2.05, 4.69) is 68.9 Å². The molecule has 0 aliphatic rings. The average Bonchev–Trinajstić information content (AvgIpc) is 3.30. The first kappa shape index (κ1) is 51.8. The maximum atomic E-state index is 12.7. The number of thioether (sulfide) groups is 1. The summed E-state index contributed by atoms with van der Waals surface area (Å²) in [6, 6.07) is 40.1. The first-order valence-corrected chi connectivity index (χ1v) is 25.3. The fourth-order valence-corrected chi connectivity index (χ4v) is 10.1. The smallest absolute Gasteiger partial charge is 0.186 e. The lowest BCUT2D eigenvalue weighted by molar-refractivity contribution is 0.477. The molecule has 0 aliphatic carbocycles. The first-order chi connectivity index (χ1) is 31.9. The van der Waals surface area contributed by atoms with Crippen molar-refractivity contribution >= 4 is 105 Å². The zero-order chi connectivity index (χ0) is 48.6. The Bertz CT molecular complexity index is 3140. The summed E-state index contributed by atoms with van der Waals surface area (Å²) in [5, 5.41) is 39.7. The molecule has 0 unspecified atom stereocenters. The monoisotopic (exact) mass is 1080 g/mol. The molecule has 17 nitrogen and oxygen atoms in total. The summed E-state index contributed by atoms with van der Waals surface area (Å²) < 4.78 is 50.4. The number of hydrogen-bond donors (Lipinski definition) is 5. The van der Waals surface area contributed by atoms with Crippen LogP contribution in [0.3, 0.4) is 0 Å². The van der Waals surface area contributed by atoms with E-state index in [0.717, 1.165) is 10.6 Å². The van der Waals surface area contributed by atoms with Gasteiger partial charge < -0.3 is 28.0 Å². The summed E-state index contributed by atoms with van der Waals surface area (Å²) in [6.45, 7) is 0. The second-order valence-corrected chi connectivity index (χ2v) is 20.4. The van der Waals surface area contributed by atoms with Crippen LogP contribution in [0.1, 0.15) is 16.7 Å². The van der Waals surface area contributed by atoms with Crippen LogP contribution in [0, 0.1) is 0 Å². The van der Waals surface area contributed by atoms with Crippen LogP contribution < -0.4 is 22.9 Å². The topological polar surface area (TPSA) is 296 Å². The van der Waals surface area contributed by atoms with Gasteiger partial charge in [0, 0.05) is 11.3 Å². The maximum Gasteiger partial charge on any atom is 0.186 e. The van der Waals surface area contributed by atoms with Gasteiger partial charge in [-0.3, -0.25) is 0 Å². The molecule has 9 N–H and O–H groups in total. The Hall–Kier alpha value is -6.20. The van der Waals surface area contributed by atoms with Gasteiger partial charge in [-0.2, -0.15) is 0 Å². The van der Waals surface area contributed by atoms with Gasteiger partial charge in [0.25, 0.3) is 0 Å². The zero-order valence-electron chi connectivity index (χ0n) is 34.6. The Labute approximate surface area is 413 Å². The second-order valence-electron chi connectivity index (χ2n) is 13.5. The van der Waals surface area contributed by atoms with Gasteiger partial charge in [-0.15, -0.1) is 52.6 Å². The van der Waals surface area contributed by atoms with Gasteiger partial charge in [0.1, 0.15) is 15.5 Å². The minimum absolute atomic E-state index is 0.00385. The Morgan fingerprint density at radius 1 is 0.493 bits per heavy atom. The van der Waals surface area contributed by atoms with Crippen LogP contribution in [0.2, 0.25) is 15.5 Å². The minimum atomic E-state index is -3.70. The van der Waals surface area contributed by atoms with E-state index >= 15 is 0 Å². The van der Waals surface area contributed by atoms with Gasteiger partial charge in [0.15, 0.2) is 58.4 Å². The highest BCUT2D eigenvalue weighted by Gasteiger charge is 2.22. The number of hydrogen-bond acceptors (Lipinski definition) is 18. The highest BCUT2D eigenvalue weighted by molar-refractivity contribution is 9.10. The van der Waals surface area contributed by atoms with E-state index in [4.69, 9.17) is 57.7 Å². The van der Waals surface area contributed by atoms with Crippen LogP contribution >= 0.6 is 62.5 Å². The molecule has 24 heteroatoms. The fraction of sp³-hybridized carbons (Fsp3) is 0.0698. The van der Waals surface area contributed by atoms with E-state index in [1.54, 1.807) is 90.6 Å². The molecule has 0 amide bonds. The normalized spacial score (nSPS) is 10.9. The number of rotatable bonds is 10. The molecule has 4 aromatic carbocycles. The molecule has 8 aromatic rings. The Morgan fingerprint density at radius 3 is 1.42 bits per heavy atom. The number of aromatic nitrogens is 8. The number of phenolic OH excluding ortho intramolecular Hbond substituents is 1. The van der Waals surface area contributed by atoms with Gasteiger partial charge in [0.05, 0.1) is 26.6 Å². The van der Waals surface area contributed by atoms with Gasteiger partial charge in [0.2, 0.25) is 0 Å². The second kappa shape index (κ2) is 24.5. The minimum Gasteiger partial charge on any atom is -0.507 e. The molecule has 0 saturated carbocycles. The molecule has 0 bridgehead atoms. The zero-order valence-corrected chi connectivity index (χ0v) is 40.9. The molecule has 0 aliphatic heterocycles. The van der Waals surface area contributed by atoms with E-state index in [-0.39, 0.29) is 49.5 Å². The quantitative estimate of drug-likeness (QED) is 0.0801. The molecule has 0 atom stereocenters. The number of anilines is 4. The van der Waals surface area contributed by atoms with Gasteiger partial charge in [-0.25, -0.2) is 16.8 Å². The number of nitrogen functional groups attached to an aromatic ring is 4. The number of sulfone groups is 2. The predicted octanol–water partition coefficient (Wildman–Crippen LogP) is 8.57. The summed E-state index contributed by atoms with van der Waals surface area (Å²) >= 11 is 21.6. The maximum absolute atomic E-state index is 12.7. The van der Waals surface area contributed by atoms with Crippen molar-refractivity contribution in [3.63, 3.8) is 0 Å². The third-order valence-electron chi connectivity index (χ3n) is 8.53. The fourth-order valence-electron chi connectivity index (χ4n) is 5.38. The third-order valence-corrected chi connectivity index (χ3v) is 14.3. The molecular formula is C43H38BrCl3N12O5S3. The number of nitrogens with two attached hydrogens (primary N) is 4. The highest BCUT2D eigenvalue weighted by Crippen LogP contribution is 2.31. The van der Waals surface area contributed by atoms with Crippen molar-refractivity contribution in [1.29, 1.82) is 0 Å². The predicted molar refractivity (Wildman–Crippen MR) is 266 cm³/mol. The number of aromatic hydroxyl groups is 1. The van der Waals surface area contributed by atoms with Crippen molar-refractivity contribution in [2.45, 2.75) is 31.9 Å². The van der Waals surface area contributed by atoms with Gasteiger partial charge in [-0.05, 0) is 69.0 Å². The lowest BCUT2D eigenvalue weighted by atomic mass is 10.1. The summed E-state index contributed by atoms with van der Waals surface area (Å²) in [4.78, 5) is 0.676. The molecule has 0 spiro atoms. The lowest BCUT2D eigenvalue weighted by Crippen LogP contribution is -2.10. The van der Waals surface area contributed by atoms with E-state index in [9.17, 15) is 21.9 Å². The highest BCUT2D eigenvalue weighted by atomic mass is 79.9. The summed E-state index contributed by atoms with van der Waals surface area (Å²) in [5.74, 6) is 0.949. The van der Waals surface area contributed by atoms with E-state index in [1.807, 2.05) is 30.3 Å². The van der Waals surface area contributed by atoms with Gasteiger partial charge >= 0.3 is 0 Å². The Kier molecular flexibility index (Phi) is 19.0. The van der Waals surface area contributed by atoms with Crippen molar-refractivity contribution in [3.8, 4) is 17.0 Å². The molecule has 8 rings (SSSR count). The lowest BCUT2D eigenvalue weighted by Gasteiger charge is -2.09. The molecule has 346 valence electrons. The number of benzene rings is 4. The standard InChI is InChI=1S/C17H15N3O3S.C11H10ClN3O2S.C11H10ClN3S.C4H3BrClN3/c18-17-16(24(22,23)11-12-6-2-1-3-7-12)10-14(19-20-17)13-8-4-5-9-15(13)21;12-10-6-9(11(13)15-14-10)18(16,17)7-8-4-2-1-3-5-8;12-10-6-9(11(13)15-14-10)16-7-8-4-2-1-3-5-8;5-2-1-3(6)8-9-4(2)7/h1-10,21H,11H2,(H2,18,20);1-6H,7H2,(H2,13,15);1-6H,7H2,(H2,13,15);1H,(H2,7,9). The summed E-state index contributed by atoms with van der Waals surface area (Å²) in [5.41, 5.74) is 25.5. The van der Waals surface area contributed by atoms with Crippen molar-refractivity contribution < 1.29 is 21.9 Å².